The first-order valence-corrected chi connectivity index (χ1v) is 10.5. The van der Waals surface area contributed by atoms with E-state index < -0.39 is 0 Å². The Hall–Kier alpha value is -3.59. The number of nitrogens with one attached hydrogen (secondary N) is 2. The molecule has 1 aliphatic rings. The molecule has 2 aromatic carbocycles. The van der Waals surface area contributed by atoms with Gasteiger partial charge in [0.05, 0.1) is 23.1 Å². The Morgan fingerprint density at radius 2 is 1.94 bits per heavy atom. The number of carbonyl (C=O) groups is 1. The van der Waals surface area contributed by atoms with Crippen LogP contribution in [0.15, 0.2) is 53.3 Å². The molecule has 4 aromatic rings. The van der Waals surface area contributed by atoms with Crippen molar-refractivity contribution in [3.05, 3.63) is 80.9 Å². The monoisotopic (exact) mass is 432 g/mol. The third-order valence-corrected chi connectivity index (χ3v) is 5.72. The fourth-order valence-corrected chi connectivity index (χ4v) is 4.04. The first-order valence-electron chi connectivity index (χ1n) is 10.1. The van der Waals surface area contributed by atoms with Crippen LogP contribution in [-0.4, -0.2) is 30.2 Å². The maximum atomic E-state index is 12.9. The Balaban J connectivity index is 1.37. The molecule has 1 amide bonds. The van der Waals surface area contributed by atoms with Crippen LogP contribution in [0.5, 0.6) is 0 Å². The zero-order valence-corrected chi connectivity index (χ0v) is 17.6. The summed E-state index contributed by atoms with van der Waals surface area (Å²) in [6.07, 6.45) is 2.16. The minimum Gasteiger partial charge on any atom is -0.345 e. The number of fused-ring (bicyclic) bond motifs is 1. The second-order valence-electron chi connectivity index (χ2n) is 7.59. The predicted molar refractivity (Wildman–Crippen MR) is 119 cm³/mol. The normalized spacial score (nSPS) is 13.5. The van der Waals surface area contributed by atoms with Gasteiger partial charge < -0.3 is 5.32 Å². The predicted octanol–water partition coefficient (Wildman–Crippen LogP) is 3.21. The third-order valence-electron chi connectivity index (χ3n) is 5.43. The average Bonchev–Trinajstić information content (AvgIpc) is 3.54. The maximum Gasteiger partial charge on any atom is 0.265 e. The molecule has 1 fully saturated rings. The standard InChI is InChI=1S/C22H20N6O2S/c1-13-24-18-5-3-2-4-17(18)21(30)27(13)15-8-6-14(7-9-15)20(29)23-12-19-25-26-22(31)28(19)16-10-11-16/h2-9,16H,10-12H2,1H3,(H,23,29)(H,26,31). The molecule has 9 heteroatoms. The van der Waals surface area contributed by atoms with Crippen LogP contribution >= 0.6 is 12.2 Å². The lowest BCUT2D eigenvalue weighted by Gasteiger charge is -2.12. The van der Waals surface area contributed by atoms with E-state index in [0.717, 1.165) is 18.7 Å². The van der Waals surface area contributed by atoms with Gasteiger partial charge in [0.1, 0.15) is 5.82 Å². The SMILES string of the molecule is Cc1nc2ccccc2c(=O)n1-c1ccc(C(=O)NCc2n[nH]c(=S)n2C2CC2)cc1. The van der Waals surface area contributed by atoms with Crippen LogP contribution in [0, 0.1) is 11.7 Å². The van der Waals surface area contributed by atoms with Crippen molar-refractivity contribution in [3.8, 4) is 5.69 Å². The molecule has 31 heavy (non-hydrogen) atoms. The minimum atomic E-state index is -0.219. The summed E-state index contributed by atoms with van der Waals surface area (Å²) in [7, 11) is 0. The third kappa shape index (κ3) is 3.57. The molecule has 1 saturated carbocycles. The van der Waals surface area contributed by atoms with Crippen molar-refractivity contribution < 1.29 is 4.79 Å². The van der Waals surface area contributed by atoms with E-state index >= 15 is 0 Å². The molecule has 8 nitrogen and oxygen atoms in total. The average molecular weight is 433 g/mol. The molecule has 0 aliphatic heterocycles. The van der Waals surface area contributed by atoms with E-state index in [-0.39, 0.29) is 18.0 Å². The van der Waals surface area contributed by atoms with Crippen LogP contribution in [0.1, 0.15) is 40.9 Å². The highest BCUT2D eigenvalue weighted by molar-refractivity contribution is 7.71. The maximum absolute atomic E-state index is 12.9. The van der Waals surface area contributed by atoms with Crippen LogP contribution in [0.2, 0.25) is 0 Å². The molecule has 5 rings (SSSR count). The molecule has 2 N–H and O–H groups in total. The highest BCUT2D eigenvalue weighted by Gasteiger charge is 2.27. The zero-order valence-electron chi connectivity index (χ0n) is 16.8. The van der Waals surface area contributed by atoms with E-state index in [1.54, 1.807) is 41.8 Å². The van der Waals surface area contributed by atoms with Crippen LogP contribution in [0.3, 0.4) is 0 Å². The van der Waals surface area contributed by atoms with E-state index in [2.05, 4.69) is 20.5 Å². The highest BCUT2D eigenvalue weighted by Crippen LogP contribution is 2.35. The fourth-order valence-electron chi connectivity index (χ4n) is 3.74. The van der Waals surface area contributed by atoms with Gasteiger partial charge in [-0.25, -0.2) is 4.98 Å². The molecular weight excluding hydrogens is 412 g/mol. The molecule has 0 spiro atoms. The summed E-state index contributed by atoms with van der Waals surface area (Å²) >= 11 is 5.27. The molecule has 0 radical (unpaired) electrons. The van der Waals surface area contributed by atoms with E-state index in [4.69, 9.17) is 12.2 Å². The van der Waals surface area contributed by atoms with Crippen LogP contribution in [0.4, 0.5) is 0 Å². The first kappa shape index (κ1) is 19.4. The fraction of sp³-hybridized carbons (Fsp3) is 0.227. The van der Waals surface area contributed by atoms with Crippen molar-refractivity contribution in [2.45, 2.75) is 32.4 Å². The Kier molecular flexibility index (Phi) is 4.74. The molecular formula is C22H20N6O2S. The molecule has 1 aliphatic carbocycles. The van der Waals surface area contributed by atoms with E-state index in [1.807, 2.05) is 22.8 Å². The Labute approximate surface area is 182 Å². The number of aryl methyl sites for hydroxylation is 1. The van der Waals surface area contributed by atoms with Crippen LogP contribution < -0.4 is 10.9 Å². The van der Waals surface area contributed by atoms with Gasteiger partial charge in [0.15, 0.2) is 10.6 Å². The number of aromatic amines is 1. The number of aromatic nitrogens is 5. The van der Waals surface area contributed by atoms with Gasteiger partial charge in [0, 0.05) is 11.6 Å². The van der Waals surface area contributed by atoms with E-state index in [0.29, 0.717) is 38.8 Å². The Morgan fingerprint density at radius 1 is 1.19 bits per heavy atom. The lowest BCUT2D eigenvalue weighted by Crippen LogP contribution is -2.25. The summed E-state index contributed by atoms with van der Waals surface area (Å²) in [6.45, 7) is 2.08. The zero-order chi connectivity index (χ0) is 21.5. The summed E-state index contributed by atoms with van der Waals surface area (Å²) in [5.74, 6) is 1.09. The van der Waals surface area contributed by atoms with Crippen molar-refractivity contribution >= 4 is 29.0 Å². The van der Waals surface area contributed by atoms with Gasteiger partial charge in [-0.3, -0.25) is 23.8 Å². The molecule has 0 bridgehead atoms. The van der Waals surface area contributed by atoms with Crippen molar-refractivity contribution in [2.24, 2.45) is 0 Å². The summed E-state index contributed by atoms with van der Waals surface area (Å²) in [5, 5.41) is 10.5. The van der Waals surface area contributed by atoms with Gasteiger partial charge in [-0.1, -0.05) is 12.1 Å². The summed E-state index contributed by atoms with van der Waals surface area (Å²) in [4.78, 5) is 30.1. The quantitative estimate of drug-likeness (QED) is 0.472. The number of benzene rings is 2. The number of para-hydroxylation sites is 1. The van der Waals surface area contributed by atoms with Crippen LogP contribution in [-0.2, 0) is 6.54 Å². The van der Waals surface area contributed by atoms with Gasteiger partial charge in [-0.2, -0.15) is 5.10 Å². The molecule has 2 heterocycles. The topological polar surface area (TPSA) is 97.6 Å². The lowest BCUT2D eigenvalue weighted by atomic mass is 10.2. The van der Waals surface area contributed by atoms with E-state index in [9.17, 15) is 9.59 Å². The molecule has 156 valence electrons. The Morgan fingerprint density at radius 3 is 2.68 bits per heavy atom. The Bertz CT molecular complexity index is 1410. The van der Waals surface area contributed by atoms with Gasteiger partial charge >= 0.3 is 0 Å². The number of rotatable bonds is 5. The van der Waals surface area contributed by atoms with Crippen LogP contribution in [0.25, 0.3) is 16.6 Å². The second-order valence-corrected chi connectivity index (χ2v) is 7.98. The summed E-state index contributed by atoms with van der Waals surface area (Å²) < 4.78 is 4.11. The lowest BCUT2D eigenvalue weighted by molar-refractivity contribution is 0.0949. The number of carbonyl (C=O) groups excluding carboxylic acids is 1. The van der Waals surface area contributed by atoms with Gasteiger partial charge in [-0.15, -0.1) is 0 Å². The number of hydrogen-bond acceptors (Lipinski definition) is 5. The number of amides is 1. The van der Waals surface area contributed by atoms with Crippen molar-refractivity contribution in [2.75, 3.05) is 0 Å². The van der Waals surface area contributed by atoms with Gasteiger partial charge in [-0.05, 0) is 68.4 Å². The van der Waals surface area contributed by atoms with Crippen molar-refractivity contribution in [1.82, 2.24) is 29.6 Å². The summed E-state index contributed by atoms with van der Waals surface area (Å²) in [6, 6.07) is 14.5. The summed E-state index contributed by atoms with van der Waals surface area (Å²) in [5.41, 5.74) is 1.69. The van der Waals surface area contributed by atoms with E-state index in [1.165, 1.54) is 0 Å². The molecule has 2 aromatic heterocycles. The largest absolute Gasteiger partial charge is 0.345 e. The highest BCUT2D eigenvalue weighted by atomic mass is 32.1. The van der Waals surface area contributed by atoms with Gasteiger partial charge in [0.2, 0.25) is 0 Å². The first-order chi connectivity index (χ1) is 15.0. The number of H-pyrrole nitrogens is 1. The molecule has 0 unspecified atom stereocenters. The second kappa shape index (κ2) is 7.59. The number of nitrogens with zero attached hydrogens (tertiary/aromatic N) is 4. The van der Waals surface area contributed by atoms with Crippen molar-refractivity contribution in [3.63, 3.8) is 0 Å². The number of hydrogen-bond donors (Lipinski definition) is 2. The minimum absolute atomic E-state index is 0.136. The molecule has 0 saturated heterocycles. The van der Waals surface area contributed by atoms with Crippen molar-refractivity contribution in [1.29, 1.82) is 0 Å². The van der Waals surface area contributed by atoms with Gasteiger partial charge in [0.25, 0.3) is 11.5 Å². The molecule has 0 atom stereocenters. The smallest absolute Gasteiger partial charge is 0.265 e.